The van der Waals surface area contributed by atoms with E-state index in [-0.39, 0.29) is 5.66 Å². The van der Waals surface area contributed by atoms with Gasteiger partial charge in [-0.2, -0.15) is 0 Å². The van der Waals surface area contributed by atoms with Crippen LogP contribution >= 0.6 is 7.14 Å². The Balaban J connectivity index is 1.52. The second kappa shape index (κ2) is 9.17. The lowest BCUT2D eigenvalue weighted by Crippen LogP contribution is -2.23. The molecule has 1 unspecified atom stereocenters. The summed E-state index contributed by atoms with van der Waals surface area (Å²) in [6, 6.07) is 47.1. The molecule has 1 aliphatic heterocycles. The van der Waals surface area contributed by atoms with E-state index >= 15 is 4.57 Å². The third-order valence-electron chi connectivity index (χ3n) is 7.45. The summed E-state index contributed by atoms with van der Waals surface area (Å²) in [7, 11) is -3.25. The van der Waals surface area contributed by atoms with Crippen LogP contribution in [0.3, 0.4) is 0 Å². The zero-order chi connectivity index (χ0) is 25.5. The summed E-state index contributed by atoms with van der Waals surface area (Å²) in [6.45, 7) is 0. The van der Waals surface area contributed by atoms with Crippen LogP contribution in [0, 0.1) is 0 Å². The third kappa shape index (κ3) is 3.77. The average Bonchev–Trinajstić information content (AvgIpc) is 3.00. The predicted molar refractivity (Wildman–Crippen MR) is 159 cm³/mol. The molecule has 0 spiro atoms. The van der Waals surface area contributed by atoms with E-state index in [9.17, 15) is 0 Å². The Morgan fingerprint density at radius 3 is 1.68 bits per heavy atom. The zero-order valence-electron chi connectivity index (χ0n) is 20.7. The first-order valence-corrected chi connectivity index (χ1v) is 14.6. The Kier molecular flexibility index (Phi) is 5.50. The molecule has 182 valence electrons. The molecule has 0 N–H and O–H groups in total. The van der Waals surface area contributed by atoms with Crippen molar-refractivity contribution in [3.8, 4) is 5.75 Å². The molecular weight excluding hydrogens is 483 g/mol. The Labute approximate surface area is 222 Å². The quantitative estimate of drug-likeness (QED) is 0.223. The molecule has 7 rings (SSSR count). The second-order valence-electron chi connectivity index (χ2n) is 9.70. The Morgan fingerprint density at radius 2 is 1.05 bits per heavy atom. The van der Waals surface area contributed by atoms with E-state index in [1.54, 1.807) is 0 Å². The molecule has 0 bridgehead atoms. The number of rotatable bonds is 4. The van der Waals surface area contributed by atoms with Crippen molar-refractivity contribution < 1.29 is 9.30 Å². The van der Waals surface area contributed by atoms with E-state index in [0.29, 0.717) is 0 Å². The van der Waals surface area contributed by atoms with Crippen molar-refractivity contribution in [3.63, 3.8) is 0 Å². The van der Waals surface area contributed by atoms with E-state index in [2.05, 4.69) is 54.6 Å². The van der Waals surface area contributed by atoms with Crippen molar-refractivity contribution in [3.05, 3.63) is 157 Å². The van der Waals surface area contributed by atoms with Crippen LogP contribution in [-0.2, 0) is 4.57 Å². The summed E-state index contributed by atoms with van der Waals surface area (Å²) in [5, 5.41) is 6.12. The van der Waals surface area contributed by atoms with E-state index < -0.39 is 7.14 Å². The maximum absolute atomic E-state index is 15.9. The van der Waals surface area contributed by atoms with Gasteiger partial charge in [-0.15, -0.1) is 0 Å². The molecule has 6 aromatic carbocycles. The fourth-order valence-electron chi connectivity index (χ4n) is 5.50. The first kappa shape index (κ1) is 22.8. The fourth-order valence-corrected chi connectivity index (χ4v) is 8.64. The second-order valence-corrected chi connectivity index (χ2v) is 12.6. The van der Waals surface area contributed by atoms with Gasteiger partial charge in [-0.05, 0) is 45.8 Å². The summed E-state index contributed by atoms with van der Waals surface area (Å²) in [5.41, 5.74) is 1.53. The van der Waals surface area contributed by atoms with Gasteiger partial charge in [0.05, 0.1) is 5.66 Å². The smallest absolute Gasteiger partial charge is 0.154 e. The predicted octanol–water partition coefficient (Wildman–Crippen LogP) is 8.48. The van der Waals surface area contributed by atoms with Gasteiger partial charge in [0.15, 0.2) is 7.14 Å². The standard InChI is InChI=1S/C35H25O2P/c36-38(30-20-18-25-10-4-6-14-28(25)22-30,31-21-19-26-11-5-7-15-29(26)23-31)35-24-34(27-12-2-1-3-13-27)37-33-17-9-8-16-32(33)35/h1-24,35H. The van der Waals surface area contributed by atoms with Gasteiger partial charge in [0.1, 0.15) is 11.5 Å². The van der Waals surface area contributed by atoms with Gasteiger partial charge < -0.3 is 9.30 Å². The van der Waals surface area contributed by atoms with E-state index in [1.165, 1.54) is 0 Å². The van der Waals surface area contributed by atoms with Gasteiger partial charge in [-0.25, -0.2) is 0 Å². The van der Waals surface area contributed by atoms with Crippen LogP contribution in [0.15, 0.2) is 146 Å². The molecule has 1 aliphatic rings. The molecule has 0 aliphatic carbocycles. The van der Waals surface area contributed by atoms with Gasteiger partial charge in [-0.3, -0.25) is 0 Å². The summed E-state index contributed by atoms with van der Waals surface area (Å²) < 4.78 is 22.3. The molecule has 1 heterocycles. The van der Waals surface area contributed by atoms with Crippen molar-refractivity contribution >= 4 is 45.1 Å². The molecule has 38 heavy (non-hydrogen) atoms. The number of allylic oxidation sites excluding steroid dienone is 1. The molecule has 0 aromatic heterocycles. The minimum Gasteiger partial charge on any atom is -0.457 e. The highest BCUT2D eigenvalue weighted by molar-refractivity contribution is 7.79. The van der Waals surface area contributed by atoms with Crippen molar-refractivity contribution in [2.45, 2.75) is 5.66 Å². The van der Waals surface area contributed by atoms with E-state index in [0.717, 1.165) is 54.8 Å². The summed E-state index contributed by atoms with van der Waals surface area (Å²) >= 11 is 0. The monoisotopic (exact) mass is 508 g/mol. The lowest BCUT2D eigenvalue weighted by Gasteiger charge is -2.32. The van der Waals surface area contributed by atoms with Gasteiger partial charge >= 0.3 is 0 Å². The normalized spacial score (nSPS) is 15.1. The van der Waals surface area contributed by atoms with Gasteiger partial charge in [0, 0.05) is 21.7 Å². The number of benzene rings is 6. The molecule has 0 saturated heterocycles. The van der Waals surface area contributed by atoms with Crippen LogP contribution in [-0.4, -0.2) is 0 Å². The average molecular weight is 509 g/mol. The van der Waals surface area contributed by atoms with Crippen molar-refractivity contribution in [1.82, 2.24) is 0 Å². The van der Waals surface area contributed by atoms with Gasteiger partial charge in [-0.1, -0.05) is 121 Å². The summed E-state index contributed by atoms with van der Waals surface area (Å²) in [6.07, 6.45) is 2.07. The van der Waals surface area contributed by atoms with Crippen LogP contribution in [0.2, 0.25) is 0 Å². The largest absolute Gasteiger partial charge is 0.457 e. The molecule has 3 heteroatoms. The Hall–Kier alpha value is -4.39. The maximum Gasteiger partial charge on any atom is 0.154 e. The number of hydrogen-bond donors (Lipinski definition) is 0. The molecule has 1 atom stereocenters. The van der Waals surface area contributed by atoms with Crippen LogP contribution in [0.25, 0.3) is 27.3 Å². The lowest BCUT2D eigenvalue weighted by atomic mass is 10.0. The fraction of sp³-hybridized carbons (Fsp3) is 0.0286. The van der Waals surface area contributed by atoms with Crippen LogP contribution in [0.4, 0.5) is 0 Å². The molecule has 2 nitrogen and oxygen atoms in total. The lowest BCUT2D eigenvalue weighted by molar-refractivity contribution is 0.494. The van der Waals surface area contributed by atoms with Crippen molar-refractivity contribution in [1.29, 1.82) is 0 Å². The number of fused-ring (bicyclic) bond motifs is 3. The number of ether oxygens (including phenoxy) is 1. The van der Waals surface area contributed by atoms with Crippen LogP contribution in [0.5, 0.6) is 5.75 Å². The van der Waals surface area contributed by atoms with Crippen LogP contribution in [0.1, 0.15) is 16.8 Å². The molecule has 0 fully saturated rings. The van der Waals surface area contributed by atoms with Crippen molar-refractivity contribution in [2.24, 2.45) is 0 Å². The zero-order valence-corrected chi connectivity index (χ0v) is 21.6. The summed E-state index contributed by atoms with van der Waals surface area (Å²) in [4.78, 5) is 0. The first-order valence-electron chi connectivity index (χ1n) is 12.8. The minimum atomic E-state index is -3.25. The molecule has 0 amide bonds. The van der Waals surface area contributed by atoms with Gasteiger partial charge in [0.25, 0.3) is 0 Å². The molecule has 6 aromatic rings. The van der Waals surface area contributed by atoms with Gasteiger partial charge in [0.2, 0.25) is 0 Å². The number of para-hydroxylation sites is 1. The first-order chi connectivity index (χ1) is 18.7. The third-order valence-corrected chi connectivity index (χ3v) is 10.8. The van der Waals surface area contributed by atoms with Crippen LogP contribution < -0.4 is 15.3 Å². The Morgan fingerprint density at radius 1 is 0.526 bits per heavy atom. The molecule has 0 radical (unpaired) electrons. The molecular formula is C35H25O2P. The maximum atomic E-state index is 15.9. The highest BCUT2D eigenvalue weighted by Crippen LogP contribution is 2.62. The highest BCUT2D eigenvalue weighted by Gasteiger charge is 2.40. The Bertz CT molecular complexity index is 1800. The number of hydrogen-bond acceptors (Lipinski definition) is 2. The van der Waals surface area contributed by atoms with E-state index in [4.69, 9.17) is 4.74 Å². The minimum absolute atomic E-state index is 0.384. The highest BCUT2D eigenvalue weighted by atomic mass is 31.2. The topological polar surface area (TPSA) is 26.3 Å². The van der Waals surface area contributed by atoms with Crippen molar-refractivity contribution in [2.75, 3.05) is 0 Å². The summed E-state index contributed by atoms with van der Waals surface area (Å²) in [5.74, 6) is 1.48. The molecule has 0 saturated carbocycles. The van der Waals surface area contributed by atoms with E-state index in [1.807, 2.05) is 91.0 Å². The SMILES string of the molecule is O=P(c1ccc2ccccc2c1)(c1ccc2ccccc2c1)C1C=C(c2ccccc2)Oc2ccccc21.